The van der Waals surface area contributed by atoms with Gasteiger partial charge in [0.25, 0.3) is 0 Å². The van der Waals surface area contributed by atoms with Gasteiger partial charge in [-0.1, -0.05) is 11.8 Å². The lowest BCUT2D eigenvalue weighted by Crippen LogP contribution is -2.60. The molecule has 1 heterocycles. The molecule has 0 atom stereocenters. The predicted octanol–water partition coefficient (Wildman–Crippen LogP) is 1.39. The van der Waals surface area contributed by atoms with Gasteiger partial charge in [0.1, 0.15) is 0 Å². The highest BCUT2D eigenvalue weighted by Crippen LogP contribution is 2.55. The van der Waals surface area contributed by atoms with Gasteiger partial charge in [0, 0.05) is 12.6 Å². The SMILES string of the molecule is Cn1nnnc1SCC(=O)NC12CC3CC(CC(C3)C1)C2. The maximum absolute atomic E-state index is 12.3. The van der Waals surface area contributed by atoms with Crippen molar-refractivity contribution in [1.29, 1.82) is 0 Å². The molecule has 0 unspecified atom stereocenters. The summed E-state index contributed by atoms with van der Waals surface area (Å²) in [6.45, 7) is 0. The summed E-state index contributed by atoms with van der Waals surface area (Å²) in [6.07, 6.45) is 7.78. The molecule has 4 bridgehead atoms. The molecule has 6 nitrogen and oxygen atoms in total. The number of amides is 1. The first-order chi connectivity index (χ1) is 10.1. The highest BCUT2D eigenvalue weighted by atomic mass is 32.2. The molecule has 1 N–H and O–H groups in total. The fraction of sp³-hybridized carbons (Fsp3) is 0.857. The molecule has 1 aromatic rings. The maximum atomic E-state index is 12.3. The lowest BCUT2D eigenvalue weighted by atomic mass is 9.53. The number of hydrogen-bond donors (Lipinski definition) is 1. The van der Waals surface area contributed by atoms with Crippen molar-refractivity contribution in [2.24, 2.45) is 24.8 Å². The molecule has 4 aliphatic carbocycles. The molecule has 21 heavy (non-hydrogen) atoms. The summed E-state index contributed by atoms with van der Waals surface area (Å²) in [5.41, 5.74) is 0.102. The van der Waals surface area contributed by atoms with Gasteiger partial charge in [0.2, 0.25) is 11.1 Å². The minimum absolute atomic E-state index is 0.102. The van der Waals surface area contributed by atoms with Crippen LogP contribution in [-0.4, -0.2) is 37.4 Å². The Balaban J connectivity index is 1.37. The van der Waals surface area contributed by atoms with Gasteiger partial charge in [0.15, 0.2) is 0 Å². The number of hydrogen-bond acceptors (Lipinski definition) is 5. The highest BCUT2D eigenvalue weighted by molar-refractivity contribution is 7.99. The van der Waals surface area contributed by atoms with Crippen molar-refractivity contribution in [3.05, 3.63) is 0 Å². The largest absolute Gasteiger partial charge is 0.350 e. The lowest BCUT2D eigenvalue weighted by molar-refractivity contribution is -0.124. The zero-order valence-electron chi connectivity index (χ0n) is 12.3. The number of tetrazole rings is 1. The number of aryl methyl sites for hydroxylation is 1. The molecule has 0 spiro atoms. The molecular formula is C14H21N5OS. The second kappa shape index (κ2) is 4.97. The molecular weight excluding hydrogens is 286 g/mol. The van der Waals surface area contributed by atoms with Crippen LogP contribution in [0.1, 0.15) is 38.5 Å². The fourth-order valence-electron chi connectivity index (χ4n) is 5.07. The molecule has 114 valence electrons. The second-order valence-corrected chi connectivity index (χ2v) is 8.06. The Bertz CT molecular complexity index is 522. The Labute approximate surface area is 128 Å². The number of carbonyl (C=O) groups is 1. The zero-order valence-corrected chi connectivity index (χ0v) is 13.1. The van der Waals surface area contributed by atoms with E-state index in [9.17, 15) is 4.79 Å². The minimum Gasteiger partial charge on any atom is -0.350 e. The van der Waals surface area contributed by atoms with E-state index in [1.54, 1.807) is 11.7 Å². The Hall–Kier alpha value is -1.11. The third kappa shape index (κ3) is 2.56. The van der Waals surface area contributed by atoms with Gasteiger partial charge in [0.05, 0.1) is 5.75 Å². The Kier molecular flexibility index (Phi) is 3.20. The highest BCUT2D eigenvalue weighted by Gasteiger charge is 2.51. The van der Waals surface area contributed by atoms with E-state index in [0.717, 1.165) is 17.8 Å². The van der Waals surface area contributed by atoms with Crippen LogP contribution < -0.4 is 5.32 Å². The van der Waals surface area contributed by atoms with Crippen molar-refractivity contribution in [1.82, 2.24) is 25.5 Å². The third-order valence-corrected chi connectivity index (χ3v) is 6.37. The van der Waals surface area contributed by atoms with E-state index in [1.165, 1.54) is 50.3 Å². The first-order valence-electron chi connectivity index (χ1n) is 7.78. The number of thioether (sulfide) groups is 1. The van der Waals surface area contributed by atoms with E-state index in [2.05, 4.69) is 20.8 Å². The van der Waals surface area contributed by atoms with Gasteiger partial charge in [-0.15, -0.1) is 5.10 Å². The van der Waals surface area contributed by atoms with Crippen LogP contribution in [0.5, 0.6) is 0 Å². The quantitative estimate of drug-likeness (QED) is 0.851. The number of nitrogens with one attached hydrogen (secondary N) is 1. The summed E-state index contributed by atoms with van der Waals surface area (Å²) >= 11 is 1.41. The summed E-state index contributed by atoms with van der Waals surface area (Å²) in [5.74, 6) is 3.09. The standard InChI is InChI=1S/C14H21N5OS/c1-19-13(16-17-18-19)21-8-12(20)15-14-5-9-2-10(6-14)4-11(3-9)7-14/h9-11H,2-8H2,1H3,(H,15,20). The van der Waals surface area contributed by atoms with Gasteiger partial charge >= 0.3 is 0 Å². The lowest BCUT2D eigenvalue weighted by Gasteiger charge is -2.56. The number of rotatable bonds is 4. The van der Waals surface area contributed by atoms with Gasteiger partial charge in [-0.05, 0) is 66.7 Å². The molecule has 4 aliphatic rings. The Morgan fingerprint density at radius 2 is 1.90 bits per heavy atom. The second-order valence-electron chi connectivity index (χ2n) is 7.12. The molecule has 1 amide bonds. The molecule has 0 aromatic carbocycles. The van der Waals surface area contributed by atoms with Gasteiger partial charge in [-0.3, -0.25) is 4.79 Å². The van der Waals surface area contributed by atoms with Crippen molar-refractivity contribution >= 4 is 17.7 Å². The summed E-state index contributed by atoms with van der Waals surface area (Å²) in [6, 6.07) is 0. The van der Waals surface area contributed by atoms with E-state index >= 15 is 0 Å². The summed E-state index contributed by atoms with van der Waals surface area (Å²) in [4.78, 5) is 12.3. The first kappa shape index (κ1) is 13.5. The van der Waals surface area contributed by atoms with Crippen LogP contribution in [0.3, 0.4) is 0 Å². The van der Waals surface area contributed by atoms with Crippen LogP contribution in [0.15, 0.2) is 5.16 Å². The monoisotopic (exact) mass is 307 g/mol. The molecule has 4 fully saturated rings. The van der Waals surface area contributed by atoms with E-state index < -0.39 is 0 Å². The van der Waals surface area contributed by atoms with Crippen molar-refractivity contribution in [3.8, 4) is 0 Å². The van der Waals surface area contributed by atoms with Crippen LogP contribution in [0.25, 0.3) is 0 Å². The minimum atomic E-state index is 0.102. The molecule has 7 heteroatoms. The van der Waals surface area contributed by atoms with Gasteiger partial charge in [-0.25, -0.2) is 4.68 Å². The normalized spacial score (nSPS) is 36.9. The van der Waals surface area contributed by atoms with Crippen molar-refractivity contribution < 1.29 is 4.79 Å². The predicted molar refractivity (Wildman–Crippen MR) is 78.6 cm³/mol. The molecule has 0 radical (unpaired) electrons. The Morgan fingerprint density at radius 1 is 1.29 bits per heavy atom. The van der Waals surface area contributed by atoms with Crippen LogP contribution in [0, 0.1) is 17.8 Å². The van der Waals surface area contributed by atoms with Crippen LogP contribution in [-0.2, 0) is 11.8 Å². The maximum Gasteiger partial charge on any atom is 0.230 e. The fourth-order valence-corrected chi connectivity index (χ4v) is 5.72. The zero-order chi connectivity index (χ0) is 14.4. The van der Waals surface area contributed by atoms with Crippen LogP contribution in [0.2, 0.25) is 0 Å². The summed E-state index contributed by atoms with van der Waals surface area (Å²) in [5, 5.41) is 15.3. The average Bonchev–Trinajstić information content (AvgIpc) is 2.79. The van der Waals surface area contributed by atoms with Crippen molar-refractivity contribution in [3.63, 3.8) is 0 Å². The van der Waals surface area contributed by atoms with E-state index in [-0.39, 0.29) is 11.4 Å². The number of aromatic nitrogens is 4. The van der Waals surface area contributed by atoms with E-state index in [1.807, 2.05) is 0 Å². The third-order valence-electron chi connectivity index (χ3n) is 5.36. The van der Waals surface area contributed by atoms with E-state index in [4.69, 9.17) is 0 Å². The summed E-state index contributed by atoms with van der Waals surface area (Å²) < 4.78 is 1.60. The number of carbonyl (C=O) groups excluding carboxylic acids is 1. The molecule has 5 rings (SSSR count). The van der Waals surface area contributed by atoms with Gasteiger partial charge < -0.3 is 5.32 Å². The van der Waals surface area contributed by atoms with Crippen molar-refractivity contribution in [2.75, 3.05) is 5.75 Å². The molecule has 4 saturated carbocycles. The first-order valence-corrected chi connectivity index (χ1v) is 8.77. The molecule has 1 aromatic heterocycles. The van der Waals surface area contributed by atoms with E-state index in [0.29, 0.717) is 10.9 Å². The molecule has 0 aliphatic heterocycles. The number of nitrogens with zero attached hydrogens (tertiary/aromatic N) is 4. The average molecular weight is 307 g/mol. The Morgan fingerprint density at radius 3 is 2.43 bits per heavy atom. The topological polar surface area (TPSA) is 72.7 Å². The molecule has 0 saturated heterocycles. The van der Waals surface area contributed by atoms with Gasteiger partial charge in [-0.2, -0.15) is 0 Å². The van der Waals surface area contributed by atoms with Crippen molar-refractivity contribution in [2.45, 2.75) is 49.2 Å². The van der Waals surface area contributed by atoms with Crippen LogP contribution in [0.4, 0.5) is 0 Å². The smallest absolute Gasteiger partial charge is 0.230 e. The summed E-state index contributed by atoms with van der Waals surface area (Å²) in [7, 11) is 1.79. The van der Waals surface area contributed by atoms with Crippen LogP contribution >= 0.6 is 11.8 Å².